The summed E-state index contributed by atoms with van der Waals surface area (Å²) in [6.07, 6.45) is 3.42. The van der Waals surface area contributed by atoms with Crippen LogP contribution < -0.4 is 5.32 Å². The van der Waals surface area contributed by atoms with Gasteiger partial charge in [-0.25, -0.2) is 0 Å². The fourth-order valence-electron chi connectivity index (χ4n) is 1.73. The van der Waals surface area contributed by atoms with E-state index in [2.05, 4.69) is 12.2 Å². The summed E-state index contributed by atoms with van der Waals surface area (Å²) in [6.45, 7) is 8.24. The maximum atomic E-state index is 9.43. The van der Waals surface area contributed by atoms with Crippen LogP contribution >= 0.6 is 0 Å². The maximum Gasteiger partial charge on any atom is 0.0780 e. The van der Waals surface area contributed by atoms with Crippen molar-refractivity contribution in [2.75, 3.05) is 26.4 Å². The standard InChI is InChI=1S/C13H27NO3/c1-4-16-9-11(2)17-8-7-13(3,10-15)14-12-5-6-12/h11-12,14-15H,4-10H2,1-3H3. The molecule has 0 heterocycles. The molecule has 2 N–H and O–H groups in total. The molecule has 0 radical (unpaired) electrons. The summed E-state index contributed by atoms with van der Waals surface area (Å²) in [6, 6.07) is 0.605. The highest BCUT2D eigenvalue weighted by atomic mass is 16.5. The number of ether oxygens (including phenoxy) is 2. The Labute approximate surface area is 105 Å². The van der Waals surface area contributed by atoms with Crippen molar-refractivity contribution < 1.29 is 14.6 Å². The summed E-state index contributed by atoms with van der Waals surface area (Å²) in [4.78, 5) is 0. The molecule has 0 bridgehead atoms. The predicted octanol–water partition coefficient (Wildman–Crippen LogP) is 1.32. The van der Waals surface area contributed by atoms with Crippen LogP contribution in [0, 0.1) is 0 Å². The molecule has 1 aliphatic carbocycles. The minimum atomic E-state index is -0.202. The van der Waals surface area contributed by atoms with Crippen LogP contribution in [0.3, 0.4) is 0 Å². The molecule has 1 aliphatic rings. The molecular weight excluding hydrogens is 218 g/mol. The zero-order valence-electron chi connectivity index (χ0n) is 11.4. The minimum Gasteiger partial charge on any atom is -0.394 e. The van der Waals surface area contributed by atoms with Crippen molar-refractivity contribution in [1.29, 1.82) is 0 Å². The van der Waals surface area contributed by atoms with Gasteiger partial charge in [-0.15, -0.1) is 0 Å². The lowest BCUT2D eigenvalue weighted by molar-refractivity contribution is -0.0135. The normalized spacial score (nSPS) is 21.2. The van der Waals surface area contributed by atoms with Crippen LogP contribution in [0.25, 0.3) is 0 Å². The van der Waals surface area contributed by atoms with E-state index in [-0.39, 0.29) is 18.2 Å². The number of hydrogen-bond acceptors (Lipinski definition) is 4. The Hall–Kier alpha value is -0.160. The van der Waals surface area contributed by atoms with E-state index in [4.69, 9.17) is 9.47 Å². The summed E-state index contributed by atoms with van der Waals surface area (Å²) in [5.41, 5.74) is -0.202. The van der Waals surface area contributed by atoms with Crippen molar-refractivity contribution in [3.63, 3.8) is 0 Å². The summed E-state index contributed by atoms with van der Waals surface area (Å²) >= 11 is 0. The fraction of sp³-hybridized carbons (Fsp3) is 1.00. The Kier molecular flexibility index (Phi) is 6.41. The lowest BCUT2D eigenvalue weighted by atomic mass is 9.99. The Morgan fingerprint density at radius 3 is 2.71 bits per heavy atom. The first kappa shape index (κ1) is 14.9. The summed E-state index contributed by atoms with van der Waals surface area (Å²) < 4.78 is 11.0. The van der Waals surface area contributed by atoms with Gasteiger partial charge in [-0.1, -0.05) is 0 Å². The molecule has 0 aromatic heterocycles. The first-order valence-corrected chi connectivity index (χ1v) is 6.67. The van der Waals surface area contributed by atoms with E-state index in [0.29, 0.717) is 19.3 Å². The molecule has 17 heavy (non-hydrogen) atoms. The Morgan fingerprint density at radius 2 is 2.18 bits per heavy atom. The average molecular weight is 245 g/mol. The SMILES string of the molecule is CCOCC(C)OCCC(C)(CO)NC1CC1. The van der Waals surface area contributed by atoms with E-state index in [1.165, 1.54) is 12.8 Å². The Morgan fingerprint density at radius 1 is 1.47 bits per heavy atom. The molecule has 2 unspecified atom stereocenters. The van der Waals surface area contributed by atoms with E-state index < -0.39 is 0 Å². The third kappa shape index (κ3) is 6.36. The molecule has 1 fully saturated rings. The van der Waals surface area contributed by atoms with Crippen LogP contribution in [-0.4, -0.2) is 49.2 Å². The quantitative estimate of drug-likeness (QED) is 0.609. The van der Waals surface area contributed by atoms with Crippen molar-refractivity contribution in [2.24, 2.45) is 0 Å². The predicted molar refractivity (Wildman–Crippen MR) is 68.2 cm³/mol. The number of aliphatic hydroxyl groups excluding tert-OH is 1. The van der Waals surface area contributed by atoms with Crippen LogP contribution in [0.2, 0.25) is 0 Å². The van der Waals surface area contributed by atoms with Gasteiger partial charge in [-0.3, -0.25) is 0 Å². The van der Waals surface area contributed by atoms with Crippen LogP contribution in [0.4, 0.5) is 0 Å². The number of rotatable bonds is 10. The topological polar surface area (TPSA) is 50.7 Å². The van der Waals surface area contributed by atoms with Crippen molar-refractivity contribution in [3.05, 3.63) is 0 Å². The van der Waals surface area contributed by atoms with Gasteiger partial charge in [-0.05, 0) is 40.0 Å². The molecule has 4 heteroatoms. The molecule has 0 saturated heterocycles. The van der Waals surface area contributed by atoms with Gasteiger partial charge < -0.3 is 19.9 Å². The van der Waals surface area contributed by atoms with Crippen LogP contribution in [0.15, 0.2) is 0 Å². The second-order valence-electron chi connectivity index (χ2n) is 5.23. The number of nitrogens with one attached hydrogen (secondary N) is 1. The molecule has 1 rings (SSSR count). The molecule has 0 spiro atoms. The highest BCUT2D eigenvalue weighted by molar-refractivity contribution is 4.92. The van der Waals surface area contributed by atoms with E-state index in [1.54, 1.807) is 0 Å². The first-order chi connectivity index (χ1) is 8.09. The van der Waals surface area contributed by atoms with E-state index in [0.717, 1.165) is 13.0 Å². The van der Waals surface area contributed by atoms with Crippen LogP contribution in [-0.2, 0) is 9.47 Å². The zero-order valence-corrected chi connectivity index (χ0v) is 11.4. The van der Waals surface area contributed by atoms with Gasteiger partial charge in [0.2, 0.25) is 0 Å². The van der Waals surface area contributed by atoms with E-state index in [9.17, 15) is 5.11 Å². The molecular formula is C13H27NO3. The molecule has 2 atom stereocenters. The third-order valence-electron chi connectivity index (χ3n) is 3.09. The molecule has 0 aromatic rings. The lowest BCUT2D eigenvalue weighted by Gasteiger charge is -2.29. The van der Waals surface area contributed by atoms with Gasteiger partial charge >= 0.3 is 0 Å². The smallest absolute Gasteiger partial charge is 0.0780 e. The van der Waals surface area contributed by atoms with Gasteiger partial charge in [0, 0.05) is 24.8 Å². The monoisotopic (exact) mass is 245 g/mol. The molecule has 102 valence electrons. The van der Waals surface area contributed by atoms with Crippen molar-refractivity contribution in [1.82, 2.24) is 5.32 Å². The molecule has 0 aliphatic heterocycles. The molecule has 1 saturated carbocycles. The van der Waals surface area contributed by atoms with E-state index >= 15 is 0 Å². The van der Waals surface area contributed by atoms with Crippen molar-refractivity contribution in [3.8, 4) is 0 Å². The van der Waals surface area contributed by atoms with Crippen LogP contribution in [0.1, 0.15) is 40.0 Å². The van der Waals surface area contributed by atoms with Gasteiger partial charge in [0.1, 0.15) is 0 Å². The second-order valence-corrected chi connectivity index (χ2v) is 5.23. The molecule has 0 amide bonds. The highest BCUT2D eigenvalue weighted by Crippen LogP contribution is 2.23. The second kappa shape index (κ2) is 7.31. The molecule has 4 nitrogen and oxygen atoms in total. The average Bonchev–Trinajstić information content (AvgIpc) is 3.10. The summed E-state index contributed by atoms with van der Waals surface area (Å²) in [5.74, 6) is 0. The van der Waals surface area contributed by atoms with Crippen molar-refractivity contribution >= 4 is 0 Å². The number of aliphatic hydroxyl groups is 1. The third-order valence-corrected chi connectivity index (χ3v) is 3.09. The fourth-order valence-corrected chi connectivity index (χ4v) is 1.73. The number of hydrogen-bond donors (Lipinski definition) is 2. The zero-order chi connectivity index (χ0) is 12.7. The maximum absolute atomic E-state index is 9.43. The highest BCUT2D eigenvalue weighted by Gasteiger charge is 2.31. The van der Waals surface area contributed by atoms with Gasteiger partial charge in [0.05, 0.1) is 19.3 Å². The summed E-state index contributed by atoms with van der Waals surface area (Å²) in [7, 11) is 0. The lowest BCUT2D eigenvalue weighted by Crippen LogP contribution is -2.48. The summed E-state index contributed by atoms with van der Waals surface area (Å²) in [5, 5.41) is 12.9. The molecule has 0 aromatic carbocycles. The van der Waals surface area contributed by atoms with Gasteiger partial charge in [0.15, 0.2) is 0 Å². The Bertz CT molecular complexity index is 209. The Balaban J connectivity index is 2.13. The first-order valence-electron chi connectivity index (χ1n) is 6.67. The van der Waals surface area contributed by atoms with Gasteiger partial charge in [0.25, 0.3) is 0 Å². The minimum absolute atomic E-state index is 0.124. The largest absolute Gasteiger partial charge is 0.394 e. The van der Waals surface area contributed by atoms with E-state index in [1.807, 2.05) is 13.8 Å². The van der Waals surface area contributed by atoms with Crippen molar-refractivity contribution in [2.45, 2.75) is 57.7 Å². The van der Waals surface area contributed by atoms with Gasteiger partial charge in [-0.2, -0.15) is 0 Å². The van der Waals surface area contributed by atoms with Crippen LogP contribution in [0.5, 0.6) is 0 Å².